The fraction of sp³-hybridized carbons (Fsp3) is 0.357. The number of anilines is 2. The molecule has 0 saturated heterocycles. The van der Waals surface area contributed by atoms with Crippen LogP contribution < -0.4 is 11.1 Å². The summed E-state index contributed by atoms with van der Waals surface area (Å²) < 4.78 is 0. The van der Waals surface area contributed by atoms with Gasteiger partial charge in [0.15, 0.2) is 5.13 Å². The largest absolute Gasteiger partial charge is 0.332 e. The molecule has 18 heavy (non-hydrogen) atoms. The van der Waals surface area contributed by atoms with Crippen LogP contribution in [-0.4, -0.2) is 4.98 Å². The molecule has 1 aromatic carbocycles. The topological polar surface area (TPSA) is 50.9 Å². The van der Waals surface area contributed by atoms with Gasteiger partial charge >= 0.3 is 0 Å². The highest BCUT2D eigenvalue weighted by Gasteiger charge is 2.02. The molecule has 3 N–H and O–H groups in total. The molecule has 0 spiro atoms. The minimum absolute atomic E-state index is 0.548. The molecule has 0 aliphatic heterocycles. The summed E-state index contributed by atoms with van der Waals surface area (Å²) in [6, 6.07) is 8.53. The van der Waals surface area contributed by atoms with Crippen molar-refractivity contribution in [1.29, 1.82) is 0 Å². The van der Waals surface area contributed by atoms with E-state index in [4.69, 9.17) is 5.73 Å². The molecule has 96 valence electrons. The lowest BCUT2D eigenvalue weighted by Gasteiger charge is -2.06. The Morgan fingerprint density at radius 1 is 1.28 bits per heavy atom. The summed E-state index contributed by atoms with van der Waals surface area (Å²) >= 11 is 1.60. The number of nitrogens with zero attached hydrogens (tertiary/aromatic N) is 1. The maximum Gasteiger partial charge on any atom is 0.187 e. The molecule has 0 bridgehead atoms. The third-order valence-electron chi connectivity index (χ3n) is 2.60. The molecule has 0 aliphatic rings. The molecule has 3 nitrogen and oxygen atoms in total. The summed E-state index contributed by atoms with van der Waals surface area (Å²) in [5.74, 6) is 0.690. The number of benzene rings is 1. The van der Waals surface area contributed by atoms with E-state index in [-0.39, 0.29) is 0 Å². The number of rotatable bonds is 5. The first-order valence-corrected chi connectivity index (χ1v) is 6.99. The van der Waals surface area contributed by atoms with Gasteiger partial charge in [-0.25, -0.2) is 4.98 Å². The van der Waals surface area contributed by atoms with Crippen molar-refractivity contribution in [2.45, 2.75) is 26.8 Å². The summed E-state index contributed by atoms with van der Waals surface area (Å²) in [5.41, 5.74) is 8.01. The van der Waals surface area contributed by atoms with Crippen LogP contribution in [0.3, 0.4) is 0 Å². The lowest BCUT2D eigenvalue weighted by atomic mass is 10.0. The predicted molar refractivity (Wildman–Crippen MR) is 78.3 cm³/mol. The van der Waals surface area contributed by atoms with Crippen LogP contribution in [0.2, 0.25) is 0 Å². The second kappa shape index (κ2) is 5.98. The molecule has 0 fully saturated rings. The van der Waals surface area contributed by atoms with Gasteiger partial charge in [0.25, 0.3) is 0 Å². The Hall–Kier alpha value is -1.39. The van der Waals surface area contributed by atoms with Gasteiger partial charge in [-0.15, -0.1) is 11.3 Å². The predicted octanol–water partition coefficient (Wildman–Crippen LogP) is 3.54. The van der Waals surface area contributed by atoms with Crippen LogP contribution in [0.15, 0.2) is 30.5 Å². The van der Waals surface area contributed by atoms with Crippen LogP contribution >= 0.6 is 11.3 Å². The quantitative estimate of drug-likeness (QED) is 0.865. The molecular formula is C14H19N3S. The molecule has 2 rings (SSSR count). The number of hydrogen-bond donors (Lipinski definition) is 2. The zero-order valence-corrected chi connectivity index (χ0v) is 11.6. The average molecular weight is 261 g/mol. The molecule has 4 heteroatoms. The Morgan fingerprint density at radius 3 is 2.56 bits per heavy atom. The first kappa shape index (κ1) is 13.1. The third kappa shape index (κ3) is 3.55. The molecule has 1 aromatic heterocycles. The van der Waals surface area contributed by atoms with Crippen LogP contribution in [0.4, 0.5) is 10.8 Å². The van der Waals surface area contributed by atoms with Gasteiger partial charge in [-0.05, 0) is 30.0 Å². The lowest BCUT2D eigenvalue weighted by molar-refractivity contribution is 0.647. The van der Waals surface area contributed by atoms with E-state index in [1.807, 2.05) is 6.20 Å². The molecule has 0 saturated carbocycles. The van der Waals surface area contributed by atoms with E-state index < -0.39 is 0 Å². The van der Waals surface area contributed by atoms with E-state index in [9.17, 15) is 0 Å². The second-order valence-corrected chi connectivity index (χ2v) is 5.87. The monoisotopic (exact) mass is 261 g/mol. The van der Waals surface area contributed by atoms with Crippen molar-refractivity contribution < 1.29 is 0 Å². The highest BCUT2D eigenvalue weighted by molar-refractivity contribution is 7.15. The molecule has 0 radical (unpaired) electrons. The standard InChI is InChI=1S/C14H19N3S/c1-10(2)7-11-3-5-12(6-4-11)17-14-16-9-13(8-15)18-14/h3-6,9-10H,7-8,15H2,1-2H3,(H,16,17). The van der Waals surface area contributed by atoms with Gasteiger partial charge in [-0.1, -0.05) is 26.0 Å². The van der Waals surface area contributed by atoms with Gasteiger partial charge in [-0.3, -0.25) is 0 Å². The van der Waals surface area contributed by atoms with Crippen LogP contribution in [0, 0.1) is 5.92 Å². The van der Waals surface area contributed by atoms with Crippen molar-refractivity contribution >= 4 is 22.2 Å². The van der Waals surface area contributed by atoms with E-state index >= 15 is 0 Å². The Balaban J connectivity index is 2.01. The Kier molecular flexibility index (Phi) is 4.33. The average Bonchev–Trinajstić information content (AvgIpc) is 2.79. The summed E-state index contributed by atoms with van der Waals surface area (Å²) in [5, 5.41) is 4.19. The number of thiazole rings is 1. The van der Waals surface area contributed by atoms with Crippen molar-refractivity contribution in [3.05, 3.63) is 40.9 Å². The van der Waals surface area contributed by atoms with Gasteiger partial charge in [0.2, 0.25) is 0 Å². The van der Waals surface area contributed by atoms with E-state index in [0.717, 1.165) is 22.1 Å². The minimum atomic E-state index is 0.548. The van der Waals surface area contributed by atoms with Gasteiger partial charge in [0.1, 0.15) is 0 Å². The summed E-state index contributed by atoms with van der Waals surface area (Å²) in [7, 11) is 0. The van der Waals surface area contributed by atoms with Crippen LogP contribution in [-0.2, 0) is 13.0 Å². The zero-order valence-electron chi connectivity index (χ0n) is 10.8. The van der Waals surface area contributed by atoms with E-state index in [0.29, 0.717) is 12.5 Å². The maximum atomic E-state index is 5.57. The fourth-order valence-electron chi connectivity index (χ4n) is 1.78. The molecule has 0 aliphatic carbocycles. The number of hydrogen-bond acceptors (Lipinski definition) is 4. The summed E-state index contributed by atoms with van der Waals surface area (Å²) in [4.78, 5) is 5.37. The molecule has 0 atom stereocenters. The van der Waals surface area contributed by atoms with E-state index in [1.54, 1.807) is 11.3 Å². The number of aromatic nitrogens is 1. The highest BCUT2D eigenvalue weighted by atomic mass is 32.1. The van der Waals surface area contributed by atoms with Crippen molar-refractivity contribution in [3.8, 4) is 0 Å². The second-order valence-electron chi connectivity index (χ2n) is 4.76. The molecule has 0 unspecified atom stereocenters. The first-order chi connectivity index (χ1) is 8.67. The Morgan fingerprint density at radius 2 is 2.00 bits per heavy atom. The Labute approximate surface area is 112 Å². The smallest absolute Gasteiger partial charge is 0.187 e. The van der Waals surface area contributed by atoms with Gasteiger partial charge < -0.3 is 11.1 Å². The lowest BCUT2D eigenvalue weighted by Crippen LogP contribution is -1.94. The van der Waals surface area contributed by atoms with Crippen molar-refractivity contribution in [2.24, 2.45) is 11.7 Å². The molecule has 0 amide bonds. The number of nitrogens with one attached hydrogen (secondary N) is 1. The summed E-state index contributed by atoms with van der Waals surface area (Å²) in [6.07, 6.45) is 2.94. The third-order valence-corrected chi connectivity index (χ3v) is 3.54. The normalized spacial score (nSPS) is 10.9. The molecular weight excluding hydrogens is 242 g/mol. The molecule has 2 aromatic rings. The first-order valence-electron chi connectivity index (χ1n) is 6.18. The van der Waals surface area contributed by atoms with Crippen molar-refractivity contribution in [1.82, 2.24) is 4.98 Å². The van der Waals surface area contributed by atoms with Gasteiger partial charge in [0, 0.05) is 23.3 Å². The van der Waals surface area contributed by atoms with Crippen LogP contribution in [0.1, 0.15) is 24.3 Å². The maximum absolute atomic E-state index is 5.57. The van der Waals surface area contributed by atoms with Crippen molar-refractivity contribution in [3.63, 3.8) is 0 Å². The van der Waals surface area contributed by atoms with Crippen LogP contribution in [0.25, 0.3) is 0 Å². The number of nitrogens with two attached hydrogens (primary N) is 1. The van der Waals surface area contributed by atoms with Gasteiger partial charge in [0.05, 0.1) is 0 Å². The van der Waals surface area contributed by atoms with Gasteiger partial charge in [-0.2, -0.15) is 0 Å². The summed E-state index contributed by atoms with van der Waals surface area (Å²) in [6.45, 7) is 5.01. The van der Waals surface area contributed by atoms with E-state index in [1.165, 1.54) is 5.56 Å². The fourth-order valence-corrected chi connectivity index (χ4v) is 2.49. The Bertz CT molecular complexity index is 488. The SMILES string of the molecule is CC(C)Cc1ccc(Nc2ncc(CN)s2)cc1. The zero-order chi connectivity index (χ0) is 13.0. The molecule has 1 heterocycles. The van der Waals surface area contributed by atoms with Crippen LogP contribution in [0.5, 0.6) is 0 Å². The highest BCUT2D eigenvalue weighted by Crippen LogP contribution is 2.22. The van der Waals surface area contributed by atoms with E-state index in [2.05, 4.69) is 48.4 Å². The van der Waals surface area contributed by atoms with Crippen molar-refractivity contribution in [2.75, 3.05) is 5.32 Å². The minimum Gasteiger partial charge on any atom is -0.332 e.